The van der Waals surface area contributed by atoms with E-state index in [1.807, 2.05) is 24.3 Å². The number of carboxylic acids is 1. The topological polar surface area (TPSA) is 59.4 Å². The number of nitrogens with zero attached hydrogens (tertiary/aromatic N) is 1. The van der Waals surface area contributed by atoms with E-state index in [4.69, 9.17) is 4.74 Å². The van der Waals surface area contributed by atoms with Crippen LogP contribution in [-0.2, 0) is 0 Å². The average Bonchev–Trinajstić information content (AvgIpc) is 2.48. The van der Waals surface area contributed by atoms with Crippen LogP contribution in [0.15, 0.2) is 59.3 Å². The van der Waals surface area contributed by atoms with Gasteiger partial charge in [-0.2, -0.15) is 0 Å². The second-order valence-corrected chi connectivity index (χ2v) is 5.26. The zero-order valence-electron chi connectivity index (χ0n) is 10.8. The molecule has 0 fully saturated rings. The van der Waals surface area contributed by atoms with Crippen molar-refractivity contribution in [3.63, 3.8) is 0 Å². The van der Waals surface area contributed by atoms with E-state index in [2.05, 4.69) is 20.9 Å². The normalized spacial score (nSPS) is 10.5. The molecule has 2 aromatic carbocycles. The van der Waals surface area contributed by atoms with Crippen molar-refractivity contribution in [3.8, 4) is 11.5 Å². The van der Waals surface area contributed by atoms with Crippen LogP contribution in [0.4, 0.5) is 0 Å². The van der Waals surface area contributed by atoms with Gasteiger partial charge in [-0.1, -0.05) is 24.3 Å². The Hall–Kier alpha value is -2.40. The fraction of sp³-hybridized carbons (Fsp3) is 0. The van der Waals surface area contributed by atoms with Crippen LogP contribution in [0, 0.1) is 0 Å². The molecule has 0 aliphatic heterocycles. The molecule has 0 amide bonds. The molecule has 5 heteroatoms. The Morgan fingerprint density at radius 2 is 1.81 bits per heavy atom. The molecule has 21 heavy (non-hydrogen) atoms. The quantitative estimate of drug-likeness (QED) is 0.761. The first kappa shape index (κ1) is 13.6. The lowest BCUT2D eigenvalue weighted by Crippen LogP contribution is -2.00. The number of aromatic nitrogens is 1. The number of carboxylic acid groups (broad SMARTS) is 1. The molecule has 1 N–H and O–H groups in total. The number of ether oxygens (including phenoxy) is 1. The number of hydrogen-bond acceptors (Lipinski definition) is 3. The third-order valence-corrected chi connectivity index (χ3v) is 3.63. The molecule has 0 aliphatic rings. The van der Waals surface area contributed by atoms with Gasteiger partial charge in [0.05, 0.1) is 4.47 Å². The molecule has 0 saturated heterocycles. The van der Waals surface area contributed by atoms with Crippen LogP contribution in [0.25, 0.3) is 10.8 Å². The molecule has 4 nitrogen and oxygen atoms in total. The highest BCUT2D eigenvalue weighted by atomic mass is 79.9. The molecule has 104 valence electrons. The number of pyridine rings is 1. The minimum Gasteiger partial charge on any atom is -0.478 e. The molecule has 0 radical (unpaired) electrons. The third kappa shape index (κ3) is 2.73. The molecule has 1 heterocycles. The fourth-order valence-corrected chi connectivity index (χ4v) is 2.37. The Kier molecular flexibility index (Phi) is 3.58. The van der Waals surface area contributed by atoms with E-state index in [0.29, 0.717) is 16.0 Å². The van der Waals surface area contributed by atoms with Crippen molar-refractivity contribution in [3.05, 3.63) is 64.9 Å². The van der Waals surface area contributed by atoms with E-state index < -0.39 is 5.97 Å². The molecule has 1 aromatic heterocycles. The summed E-state index contributed by atoms with van der Waals surface area (Å²) >= 11 is 3.33. The Morgan fingerprint density at radius 3 is 2.48 bits per heavy atom. The number of benzene rings is 2. The zero-order chi connectivity index (χ0) is 14.8. The highest BCUT2D eigenvalue weighted by molar-refractivity contribution is 9.10. The van der Waals surface area contributed by atoms with Crippen molar-refractivity contribution in [2.24, 2.45) is 0 Å². The highest BCUT2D eigenvalue weighted by Crippen LogP contribution is 2.33. The molecule has 3 aromatic rings. The minimum absolute atomic E-state index is 0.123. The largest absolute Gasteiger partial charge is 0.478 e. The summed E-state index contributed by atoms with van der Waals surface area (Å²) < 4.78 is 6.40. The number of carbonyl (C=O) groups is 1. The average molecular weight is 344 g/mol. The van der Waals surface area contributed by atoms with Crippen LogP contribution in [0.2, 0.25) is 0 Å². The molecule has 0 aliphatic carbocycles. The monoisotopic (exact) mass is 343 g/mol. The van der Waals surface area contributed by atoms with Gasteiger partial charge in [0, 0.05) is 18.5 Å². The maximum absolute atomic E-state index is 11.4. The Labute approximate surface area is 129 Å². The van der Waals surface area contributed by atoms with E-state index in [1.54, 1.807) is 30.6 Å². The van der Waals surface area contributed by atoms with E-state index in [0.717, 1.165) is 10.8 Å². The standard InChI is InChI=1S/C16H10BrNO3/c17-13-9-18-6-5-14(13)21-15-8-11-4-2-1-3-10(11)7-12(15)16(19)20/h1-9H,(H,19,20). The first-order valence-corrected chi connectivity index (χ1v) is 6.98. The minimum atomic E-state index is -1.03. The fourth-order valence-electron chi connectivity index (χ4n) is 2.03. The van der Waals surface area contributed by atoms with Crippen molar-refractivity contribution in [2.75, 3.05) is 0 Å². The van der Waals surface area contributed by atoms with Gasteiger partial charge in [0.2, 0.25) is 0 Å². The lowest BCUT2D eigenvalue weighted by Gasteiger charge is -2.11. The molecular weight excluding hydrogens is 334 g/mol. The lowest BCUT2D eigenvalue weighted by atomic mass is 10.1. The van der Waals surface area contributed by atoms with Gasteiger partial charge in [0.15, 0.2) is 0 Å². The maximum atomic E-state index is 11.4. The van der Waals surface area contributed by atoms with Crippen molar-refractivity contribution in [1.29, 1.82) is 0 Å². The summed E-state index contributed by atoms with van der Waals surface area (Å²) in [4.78, 5) is 15.4. The predicted octanol–water partition coefficient (Wildman–Crippen LogP) is 4.49. The van der Waals surface area contributed by atoms with E-state index >= 15 is 0 Å². The van der Waals surface area contributed by atoms with Gasteiger partial charge < -0.3 is 9.84 Å². The van der Waals surface area contributed by atoms with Gasteiger partial charge in [-0.25, -0.2) is 4.79 Å². The Morgan fingerprint density at radius 1 is 1.10 bits per heavy atom. The Bertz CT molecular complexity index is 833. The predicted molar refractivity (Wildman–Crippen MR) is 82.9 cm³/mol. The smallest absolute Gasteiger partial charge is 0.339 e. The SMILES string of the molecule is O=C(O)c1cc2ccccc2cc1Oc1ccncc1Br. The van der Waals surface area contributed by atoms with Crippen LogP contribution in [0.1, 0.15) is 10.4 Å². The van der Waals surface area contributed by atoms with Gasteiger partial charge in [-0.15, -0.1) is 0 Å². The van der Waals surface area contributed by atoms with E-state index in [1.165, 1.54) is 0 Å². The van der Waals surface area contributed by atoms with E-state index in [-0.39, 0.29) is 5.56 Å². The van der Waals surface area contributed by atoms with Crippen LogP contribution in [0.5, 0.6) is 11.5 Å². The van der Waals surface area contributed by atoms with Crippen molar-refractivity contribution < 1.29 is 14.6 Å². The van der Waals surface area contributed by atoms with Gasteiger partial charge in [0.1, 0.15) is 17.1 Å². The van der Waals surface area contributed by atoms with Gasteiger partial charge in [-0.3, -0.25) is 4.98 Å². The van der Waals surface area contributed by atoms with Gasteiger partial charge in [0.25, 0.3) is 0 Å². The summed E-state index contributed by atoms with van der Waals surface area (Å²) in [6.45, 7) is 0. The van der Waals surface area contributed by atoms with Crippen LogP contribution in [-0.4, -0.2) is 16.1 Å². The molecule has 0 spiro atoms. The van der Waals surface area contributed by atoms with Gasteiger partial charge in [-0.05, 0) is 38.8 Å². The summed E-state index contributed by atoms with van der Waals surface area (Å²) in [5.74, 6) is -0.211. The van der Waals surface area contributed by atoms with Crippen LogP contribution >= 0.6 is 15.9 Å². The lowest BCUT2D eigenvalue weighted by molar-refractivity contribution is 0.0694. The Balaban J connectivity index is 2.14. The second kappa shape index (κ2) is 5.54. The van der Waals surface area contributed by atoms with Crippen LogP contribution in [0.3, 0.4) is 0 Å². The first-order valence-electron chi connectivity index (χ1n) is 6.18. The molecule has 0 unspecified atom stereocenters. The molecule has 3 rings (SSSR count). The van der Waals surface area contributed by atoms with Crippen molar-refractivity contribution >= 4 is 32.7 Å². The summed E-state index contributed by atoms with van der Waals surface area (Å²) in [5.41, 5.74) is 0.123. The number of aromatic carboxylic acids is 1. The zero-order valence-corrected chi connectivity index (χ0v) is 12.4. The molecular formula is C16H10BrNO3. The molecule has 0 saturated carbocycles. The summed E-state index contributed by atoms with van der Waals surface area (Å²) in [7, 11) is 0. The number of hydrogen-bond donors (Lipinski definition) is 1. The summed E-state index contributed by atoms with van der Waals surface area (Å²) in [6.07, 6.45) is 3.18. The third-order valence-electron chi connectivity index (χ3n) is 3.03. The summed E-state index contributed by atoms with van der Waals surface area (Å²) in [5, 5.41) is 11.1. The van der Waals surface area contributed by atoms with Gasteiger partial charge >= 0.3 is 5.97 Å². The van der Waals surface area contributed by atoms with Crippen LogP contribution < -0.4 is 4.74 Å². The maximum Gasteiger partial charge on any atom is 0.339 e. The number of rotatable bonds is 3. The molecule has 0 atom stereocenters. The van der Waals surface area contributed by atoms with E-state index in [9.17, 15) is 9.90 Å². The van der Waals surface area contributed by atoms with Crippen molar-refractivity contribution in [1.82, 2.24) is 4.98 Å². The highest BCUT2D eigenvalue weighted by Gasteiger charge is 2.14. The first-order chi connectivity index (χ1) is 10.1. The van der Waals surface area contributed by atoms with Crippen molar-refractivity contribution in [2.45, 2.75) is 0 Å². The molecule has 0 bridgehead atoms. The number of halogens is 1. The summed E-state index contributed by atoms with van der Waals surface area (Å²) in [6, 6.07) is 12.6. The number of fused-ring (bicyclic) bond motifs is 1. The second-order valence-electron chi connectivity index (χ2n) is 4.41.